The number of rotatable bonds is 1. The van der Waals surface area contributed by atoms with E-state index in [0.29, 0.717) is 23.7 Å². The molecule has 2 aromatic heterocycles. The third kappa shape index (κ3) is 1.79. The van der Waals surface area contributed by atoms with Crippen molar-refractivity contribution in [3.8, 4) is 0 Å². The normalized spacial score (nSPS) is 30.5. The number of benzene rings is 2. The SMILES string of the molecule is Nc1n[nH]c2ccc([C@@H]3Nc4ccc5[nH]ccc5c4[C@H]4C5CCC(C5)[C@@H]34)cc12. The monoisotopic (exact) mass is 369 g/mol. The Morgan fingerprint density at radius 2 is 1.86 bits per heavy atom. The Bertz CT molecular complexity index is 1230. The lowest BCUT2D eigenvalue weighted by atomic mass is 9.67. The van der Waals surface area contributed by atoms with E-state index < -0.39 is 0 Å². The predicted molar refractivity (Wildman–Crippen MR) is 112 cm³/mol. The number of nitrogen functional groups attached to an aromatic ring is 1. The number of aromatic nitrogens is 3. The Morgan fingerprint density at radius 1 is 0.964 bits per heavy atom. The maximum Gasteiger partial charge on any atom is 0.153 e. The average molecular weight is 369 g/mol. The van der Waals surface area contributed by atoms with E-state index in [4.69, 9.17) is 5.73 Å². The molecule has 2 aromatic carbocycles. The molecule has 5 heteroatoms. The molecule has 2 fully saturated rings. The fourth-order valence-electron chi connectivity index (χ4n) is 6.70. The lowest BCUT2D eigenvalue weighted by Crippen LogP contribution is -2.35. The summed E-state index contributed by atoms with van der Waals surface area (Å²) in [6.07, 6.45) is 6.21. The molecule has 0 radical (unpaired) electrons. The van der Waals surface area contributed by atoms with Gasteiger partial charge in [-0.15, -0.1) is 0 Å². The van der Waals surface area contributed by atoms with Crippen LogP contribution in [0.5, 0.6) is 0 Å². The van der Waals surface area contributed by atoms with Crippen LogP contribution in [0.25, 0.3) is 21.8 Å². The highest BCUT2D eigenvalue weighted by molar-refractivity contribution is 5.91. The molecule has 0 saturated heterocycles. The third-order valence-corrected chi connectivity index (χ3v) is 7.76. The zero-order valence-corrected chi connectivity index (χ0v) is 15.6. The van der Waals surface area contributed by atoms with Gasteiger partial charge in [0, 0.05) is 28.2 Å². The standard InChI is InChI=1S/C23H23N5/c24-23-15-10-13(3-4-17(15)27-28-23)22-20-12-2-1-11(9-12)19(20)21-14-7-8-25-16(14)5-6-18(21)26-22/h3-8,10-12,19-20,22,25-26H,1-2,9H2,(H3,24,27,28)/t11?,12?,19-,20+,22-/m0/s1. The number of H-pyrrole nitrogens is 2. The van der Waals surface area contributed by atoms with Gasteiger partial charge in [0.2, 0.25) is 0 Å². The van der Waals surface area contributed by atoms with Gasteiger partial charge < -0.3 is 16.0 Å². The second kappa shape index (κ2) is 5.10. The molecule has 3 heterocycles. The molecule has 28 heavy (non-hydrogen) atoms. The van der Waals surface area contributed by atoms with Crippen LogP contribution in [-0.4, -0.2) is 15.2 Å². The highest BCUT2D eigenvalue weighted by atomic mass is 15.1. The second-order valence-corrected chi connectivity index (χ2v) is 8.94. The Hall–Kier alpha value is -2.95. The van der Waals surface area contributed by atoms with Gasteiger partial charge in [0.05, 0.1) is 11.6 Å². The average Bonchev–Trinajstić information content (AvgIpc) is 3.51. The lowest BCUT2D eigenvalue weighted by molar-refractivity contribution is 0.249. The molecule has 2 aliphatic carbocycles. The van der Waals surface area contributed by atoms with E-state index >= 15 is 0 Å². The number of aromatic amines is 2. The summed E-state index contributed by atoms with van der Waals surface area (Å²) < 4.78 is 0. The van der Waals surface area contributed by atoms with Crippen molar-refractivity contribution in [3.63, 3.8) is 0 Å². The van der Waals surface area contributed by atoms with Gasteiger partial charge in [-0.1, -0.05) is 6.07 Å². The number of hydrogen-bond acceptors (Lipinski definition) is 3. The molecule has 140 valence electrons. The molecule has 5 nitrogen and oxygen atoms in total. The Morgan fingerprint density at radius 3 is 2.82 bits per heavy atom. The molecule has 0 amide bonds. The maximum absolute atomic E-state index is 6.10. The van der Waals surface area contributed by atoms with Crippen molar-refractivity contribution < 1.29 is 0 Å². The van der Waals surface area contributed by atoms with Gasteiger partial charge in [-0.3, -0.25) is 5.10 Å². The fraction of sp³-hybridized carbons (Fsp3) is 0.348. The van der Waals surface area contributed by atoms with Crippen LogP contribution in [0.4, 0.5) is 11.5 Å². The Balaban J connectivity index is 1.44. The molecule has 0 spiro atoms. The molecule has 3 aliphatic rings. The summed E-state index contributed by atoms with van der Waals surface area (Å²) in [5, 5.41) is 13.6. The van der Waals surface area contributed by atoms with Gasteiger partial charge in [-0.25, -0.2) is 0 Å². The van der Waals surface area contributed by atoms with Crippen molar-refractivity contribution in [2.75, 3.05) is 11.1 Å². The van der Waals surface area contributed by atoms with E-state index in [1.807, 2.05) is 0 Å². The van der Waals surface area contributed by atoms with E-state index in [1.54, 1.807) is 5.56 Å². The van der Waals surface area contributed by atoms with E-state index in [-0.39, 0.29) is 0 Å². The van der Waals surface area contributed by atoms with Crippen molar-refractivity contribution in [1.29, 1.82) is 0 Å². The van der Waals surface area contributed by atoms with Crippen molar-refractivity contribution in [3.05, 3.63) is 53.7 Å². The van der Waals surface area contributed by atoms with Gasteiger partial charge >= 0.3 is 0 Å². The van der Waals surface area contributed by atoms with Crippen LogP contribution in [0.3, 0.4) is 0 Å². The number of fused-ring (bicyclic) bond motifs is 10. The molecule has 1 aliphatic heterocycles. The summed E-state index contributed by atoms with van der Waals surface area (Å²) in [6, 6.07) is 13.7. The van der Waals surface area contributed by atoms with Crippen LogP contribution in [0.1, 0.15) is 42.3 Å². The Labute approximate surface area is 162 Å². The molecule has 2 saturated carbocycles. The van der Waals surface area contributed by atoms with Crippen molar-refractivity contribution >= 4 is 33.3 Å². The summed E-state index contributed by atoms with van der Waals surface area (Å²) >= 11 is 0. The number of anilines is 2. The van der Waals surface area contributed by atoms with Gasteiger partial charge in [-0.2, -0.15) is 5.10 Å². The quantitative estimate of drug-likeness (QED) is 0.384. The van der Waals surface area contributed by atoms with Crippen molar-refractivity contribution in [1.82, 2.24) is 15.2 Å². The molecular formula is C23H23N5. The lowest BCUT2D eigenvalue weighted by Gasteiger charge is -2.44. The maximum atomic E-state index is 6.10. The first kappa shape index (κ1) is 15.0. The molecule has 5 N–H and O–H groups in total. The highest BCUT2D eigenvalue weighted by Crippen LogP contribution is 2.64. The third-order valence-electron chi connectivity index (χ3n) is 7.76. The van der Waals surface area contributed by atoms with Gasteiger partial charge in [-0.05, 0) is 84.4 Å². The van der Waals surface area contributed by atoms with E-state index in [2.05, 4.69) is 63.1 Å². The van der Waals surface area contributed by atoms with Crippen LogP contribution in [0, 0.1) is 17.8 Å². The summed E-state index contributed by atoms with van der Waals surface area (Å²) in [4.78, 5) is 3.41. The largest absolute Gasteiger partial charge is 0.382 e. The van der Waals surface area contributed by atoms with Gasteiger partial charge in [0.15, 0.2) is 5.82 Å². The fourth-order valence-corrected chi connectivity index (χ4v) is 6.70. The molecule has 5 atom stereocenters. The summed E-state index contributed by atoms with van der Waals surface area (Å²) in [7, 11) is 0. The molecule has 4 aromatic rings. The second-order valence-electron chi connectivity index (χ2n) is 8.94. The van der Waals surface area contributed by atoms with Crippen LogP contribution in [0.2, 0.25) is 0 Å². The number of nitrogens with one attached hydrogen (secondary N) is 3. The minimum absolute atomic E-state index is 0.336. The zero-order chi connectivity index (χ0) is 18.4. The van der Waals surface area contributed by atoms with Crippen LogP contribution >= 0.6 is 0 Å². The van der Waals surface area contributed by atoms with E-state index in [1.165, 1.54) is 41.4 Å². The summed E-state index contributed by atoms with van der Waals surface area (Å²) in [5.41, 5.74) is 12.6. The topological polar surface area (TPSA) is 82.5 Å². The smallest absolute Gasteiger partial charge is 0.153 e. The molecule has 7 rings (SSSR count). The van der Waals surface area contributed by atoms with Crippen LogP contribution < -0.4 is 11.1 Å². The first-order valence-corrected chi connectivity index (χ1v) is 10.4. The van der Waals surface area contributed by atoms with E-state index in [0.717, 1.165) is 22.7 Å². The first-order valence-electron chi connectivity index (χ1n) is 10.4. The summed E-state index contributed by atoms with van der Waals surface area (Å²) in [5.74, 6) is 3.52. The number of nitrogens with two attached hydrogens (primary N) is 1. The zero-order valence-electron chi connectivity index (χ0n) is 15.6. The van der Waals surface area contributed by atoms with Crippen LogP contribution in [0.15, 0.2) is 42.6 Å². The minimum Gasteiger partial charge on any atom is -0.382 e. The molecule has 2 bridgehead atoms. The Kier molecular flexibility index (Phi) is 2.74. The van der Waals surface area contributed by atoms with E-state index in [9.17, 15) is 0 Å². The van der Waals surface area contributed by atoms with Crippen molar-refractivity contribution in [2.24, 2.45) is 17.8 Å². The predicted octanol–water partition coefficient (Wildman–Crippen LogP) is 4.92. The van der Waals surface area contributed by atoms with Gasteiger partial charge in [0.1, 0.15) is 0 Å². The minimum atomic E-state index is 0.336. The van der Waals surface area contributed by atoms with Crippen LogP contribution in [-0.2, 0) is 0 Å². The number of hydrogen-bond donors (Lipinski definition) is 4. The molecular weight excluding hydrogens is 346 g/mol. The number of nitrogens with zero attached hydrogens (tertiary/aromatic N) is 1. The summed E-state index contributed by atoms with van der Waals surface area (Å²) in [6.45, 7) is 0. The van der Waals surface area contributed by atoms with Gasteiger partial charge in [0.25, 0.3) is 0 Å². The molecule has 2 unspecified atom stereocenters. The highest BCUT2D eigenvalue weighted by Gasteiger charge is 2.54. The van der Waals surface area contributed by atoms with Crippen molar-refractivity contribution in [2.45, 2.75) is 31.2 Å². The first-order chi connectivity index (χ1) is 13.8.